The van der Waals surface area contributed by atoms with Crippen molar-refractivity contribution in [1.29, 1.82) is 0 Å². The highest BCUT2D eigenvalue weighted by molar-refractivity contribution is 7.07. The summed E-state index contributed by atoms with van der Waals surface area (Å²) in [5.41, 5.74) is -0.142. The fourth-order valence-electron chi connectivity index (χ4n) is 2.21. The Morgan fingerprint density at radius 2 is 2.09 bits per heavy atom. The van der Waals surface area contributed by atoms with Gasteiger partial charge in [-0.15, -0.1) is 0 Å². The molecule has 1 fully saturated rings. The van der Waals surface area contributed by atoms with Crippen molar-refractivity contribution in [2.24, 2.45) is 0 Å². The molecule has 6 heteroatoms. The van der Waals surface area contributed by atoms with Gasteiger partial charge in [-0.25, -0.2) is 4.79 Å². The molecule has 2 rings (SSSR count). The maximum absolute atomic E-state index is 12.4. The molecular formula is C16H24N2O3S. The van der Waals surface area contributed by atoms with E-state index >= 15 is 0 Å². The maximum atomic E-state index is 12.4. The van der Waals surface area contributed by atoms with Crippen LogP contribution in [0.3, 0.4) is 0 Å². The highest BCUT2D eigenvalue weighted by Gasteiger charge is 2.52. The van der Waals surface area contributed by atoms with Crippen LogP contribution < -0.4 is 10.6 Å². The number of hydrogen-bond donors (Lipinski definition) is 2. The number of rotatable bonds is 5. The van der Waals surface area contributed by atoms with Gasteiger partial charge in [0.1, 0.15) is 11.1 Å². The zero-order valence-corrected chi connectivity index (χ0v) is 14.4. The topological polar surface area (TPSA) is 67.4 Å². The molecule has 1 atom stereocenters. The van der Waals surface area contributed by atoms with E-state index in [1.807, 2.05) is 12.3 Å². The lowest BCUT2D eigenvalue weighted by molar-refractivity contribution is -0.124. The van der Waals surface area contributed by atoms with Gasteiger partial charge in [0, 0.05) is 6.04 Å². The first kappa shape index (κ1) is 16.8. The minimum absolute atomic E-state index is 0.0278. The van der Waals surface area contributed by atoms with Gasteiger partial charge in [0.2, 0.25) is 5.91 Å². The summed E-state index contributed by atoms with van der Waals surface area (Å²) in [7, 11) is 0. The molecule has 1 aromatic heterocycles. The molecule has 1 aliphatic carbocycles. The molecule has 1 heterocycles. The first-order chi connectivity index (χ1) is 10.2. The third kappa shape index (κ3) is 4.73. The van der Waals surface area contributed by atoms with Crippen LogP contribution in [0.4, 0.5) is 4.79 Å². The van der Waals surface area contributed by atoms with Gasteiger partial charge in [-0.2, -0.15) is 11.3 Å². The van der Waals surface area contributed by atoms with Crippen LogP contribution in [0.5, 0.6) is 0 Å². The third-order valence-electron chi connectivity index (χ3n) is 3.42. The van der Waals surface area contributed by atoms with Crippen molar-refractivity contribution in [3.05, 3.63) is 22.4 Å². The molecule has 0 saturated heterocycles. The van der Waals surface area contributed by atoms with Crippen molar-refractivity contribution >= 4 is 23.3 Å². The molecule has 0 aromatic carbocycles. The molecule has 122 valence electrons. The molecule has 0 radical (unpaired) electrons. The molecule has 1 aliphatic rings. The molecule has 0 unspecified atom stereocenters. The summed E-state index contributed by atoms with van der Waals surface area (Å²) in [6.45, 7) is 7.37. The van der Waals surface area contributed by atoms with Crippen molar-refractivity contribution in [3.8, 4) is 0 Å². The second-order valence-electron chi connectivity index (χ2n) is 6.92. The van der Waals surface area contributed by atoms with E-state index in [0.29, 0.717) is 12.8 Å². The number of carbonyl (C=O) groups is 2. The highest BCUT2D eigenvalue weighted by atomic mass is 32.1. The summed E-state index contributed by atoms with van der Waals surface area (Å²) in [5.74, 6) is -0.124. The first-order valence-electron chi connectivity index (χ1n) is 7.53. The summed E-state index contributed by atoms with van der Waals surface area (Å²) < 4.78 is 5.23. The Morgan fingerprint density at radius 1 is 1.41 bits per heavy atom. The second-order valence-corrected chi connectivity index (χ2v) is 7.70. The number of nitrogens with one attached hydrogen (secondary N) is 2. The molecular weight excluding hydrogens is 300 g/mol. The summed E-state index contributed by atoms with van der Waals surface area (Å²) in [5, 5.41) is 9.80. The van der Waals surface area contributed by atoms with E-state index in [1.54, 1.807) is 32.1 Å². The van der Waals surface area contributed by atoms with Gasteiger partial charge in [-0.1, -0.05) is 0 Å². The standard InChI is InChI=1S/C16H24N2O3S/c1-11(9-12-5-8-22-10-12)17-13(19)16(6-7-16)18-14(20)21-15(2,3)4/h5,8,10-11H,6-7,9H2,1-4H3,(H,17,19)(H,18,20)/t11-/m1/s1. The Balaban J connectivity index is 1.84. The Hall–Kier alpha value is -1.56. The van der Waals surface area contributed by atoms with Crippen LogP contribution >= 0.6 is 11.3 Å². The van der Waals surface area contributed by atoms with Crippen LogP contribution in [0.15, 0.2) is 16.8 Å². The highest BCUT2D eigenvalue weighted by Crippen LogP contribution is 2.36. The van der Waals surface area contributed by atoms with E-state index in [1.165, 1.54) is 5.56 Å². The van der Waals surface area contributed by atoms with Crippen molar-refractivity contribution in [1.82, 2.24) is 10.6 Å². The lowest BCUT2D eigenvalue weighted by Gasteiger charge is -2.24. The number of hydrogen-bond acceptors (Lipinski definition) is 4. The average molecular weight is 324 g/mol. The van der Waals surface area contributed by atoms with E-state index < -0.39 is 17.2 Å². The molecule has 0 aliphatic heterocycles. The van der Waals surface area contributed by atoms with E-state index in [-0.39, 0.29) is 11.9 Å². The van der Waals surface area contributed by atoms with Gasteiger partial charge >= 0.3 is 6.09 Å². The molecule has 2 N–H and O–H groups in total. The maximum Gasteiger partial charge on any atom is 0.408 e. The van der Waals surface area contributed by atoms with Gasteiger partial charge in [-0.3, -0.25) is 4.79 Å². The van der Waals surface area contributed by atoms with E-state index in [0.717, 1.165) is 6.42 Å². The number of carbonyl (C=O) groups excluding carboxylic acids is 2. The quantitative estimate of drug-likeness (QED) is 0.875. The Morgan fingerprint density at radius 3 is 2.59 bits per heavy atom. The minimum atomic E-state index is -0.786. The largest absolute Gasteiger partial charge is 0.444 e. The van der Waals surface area contributed by atoms with Crippen LogP contribution in [0.2, 0.25) is 0 Å². The van der Waals surface area contributed by atoms with E-state index in [2.05, 4.69) is 22.1 Å². The van der Waals surface area contributed by atoms with Gasteiger partial charge in [0.05, 0.1) is 0 Å². The second kappa shape index (κ2) is 6.28. The van der Waals surface area contributed by atoms with Gasteiger partial charge < -0.3 is 15.4 Å². The van der Waals surface area contributed by atoms with Gasteiger partial charge in [0.25, 0.3) is 0 Å². The van der Waals surface area contributed by atoms with Gasteiger partial charge in [-0.05, 0) is 69.3 Å². The van der Waals surface area contributed by atoms with Crippen molar-refractivity contribution in [3.63, 3.8) is 0 Å². The fraction of sp³-hybridized carbons (Fsp3) is 0.625. The first-order valence-corrected chi connectivity index (χ1v) is 8.48. The molecule has 22 heavy (non-hydrogen) atoms. The van der Waals surface area contributed by atoms with Crippen molar-refractivity contribution in [2.75, 3.05) is 0 Å². The molecule has 0 spiro atoms. The van der Waals surface area contributed by atoms with Crippen molar-refractivity contribution < 1.29 is 14.3 Å². The minimum Gasteiger partial charge on any atom is -0.444 e. The van der Waals surface area contributed by atoms with E-state index in [9.17, 15) is 9.59 Å². The normalized spacial score (nSPS) is 17.5. The van der Waals surface area contributed by atoms with Crippen LogP contribution in [0.1, 0.15) is 46.1 Å². The number of alkyl carbamates (subject to hydrolysis) is 1. The summed E-state index contributed by atoms with van der Waals surface area (Å²) >= 11 is 1.65. The third-order valence-corrected chi connectivity index (χ3v) is 4.16. The van der Waals surface area contributed by atoms with Crippen LogP contribution in [-0.4, -0.2) is 29.2 Å². The number of ether oxygens (including phenoxy) is 1. The SMILES string of the molecule is C[C@H](Cc1ccsc1)NC(=O)C1(NC(=O)OC(C)(C)C)CC1. The predicted molar refractivity (Wildman–Crippen MR) is 87.0 cm³/mol. The van der Waals surface area contributed by atoms with Crippen LogP contribution in [0.25, 0.3) is 0 Å². The smallest absolute Gasteiger partial charge is 0.408 e. The summed E-state index contributed by atoms with van der Waals surface area (Å²) in [6.07, 6.45) is 1.56. The zero-order chi connectivity index (χ0) is 16.4. The Kier molecular flexibility index (Phi) is 4.80. The molecule has 0 bridgehead atoms. The Bertz CT molecular complexity index is 530. The predicted octanol–water partition coefficient (Wildman–Crippen LogP) is 2.85. The molecule has 1 aromatic rings. The number of amides is 2. The lowest BCUT2D eigenvalue weighted by Crippen LogP contribution is -2.52. The number of thiophene rings is 1. The molecule has 1 saturated carbocycles. The Labute approximate surface area is 135 Å². The molecule has 2 amide bonds. The monoisotopic (exact) mass is 324 g/mol. The van der Waals surface area contributed by atoms with Crippen LogP contribution in [-0.2, 0) is 16.0 Å². The summed E-state index contributed by atoms with van der Waals surface area (Å²) in [4.78, 5) is 24.2. The molecule has 5 nitrogen and oxygen atoms in total. The lowest BCUT2D eigenvalue weighted by atomic mass is 10.1. The van der Waals surface area contributed by atoms with Gasteiger partial charge in [0.15, 0.2) is 0 Å². The van der Waals surface area contributed by atoms with Crippen LogP contribution in [0, 0.1) is 0 Å². The van der Waals surface area contributed by atoms with Crippen molar-refractivity contribution in [2.45, 2.75) is 64.1 Å². The van der Waals surface area contributed by atoms with E-state index in [4.69, 9.17) is 4.74 Å². The average Bonchev–Trinajstić information content (AvgIpc) is 2.95. The zero-order valence-electron chi connectivity index (χ0n) is 13.6. The fourth-order valence-corrected chi connectivity index (χ4v) is 2.89. The summed E-state index contributed by atoms with van der Waals surface area (Å²) in [6, 6.07) is 2.08.